The number of nitrogens with one attached hydrogen (secondary N) is 3. The molecule has 0 spiro atoms. The van der Waals surface area contributed by atoms with E-state index in [1.807, 2.05) is 4.90 Å². The lowest BCUT2D eigenvalue weighted by Crippen LogP contribution is -2.38. The number of carbonyl (C=O) groups excluding carboxylic acids is 1. The second-order valence-corrected chi connectivity index (χ2v) is 8.61. The van der Waals surface area contributed by atoms with Gasteiger partial charge in [0, 0.05) is 37.6 Å². The molecule has 2 aliphatic heterocycles. The fourth-order valence-electron chi connectivity index (χ4n) is 4.38. The minimum absolute atomic E-state index is 0.0841. The summed E-state index contributed by atoms with van der Waals surface area (Å²) in [6, 6.07) is 5.88. The first-order chi connectivity index (χ1) is 16.9. The van der Waals surface area contributed by atoms with E-state index >= 15 is 0 Å². The number of halogens is 3. The van der Waals surface area contributed by atoms with Gasteiger partial charge in [-0.25, -0.2) is 9.50 Å². The van der Waals surface area contributed by atoms with Crippen LogP contribution in [0.1, 0.15) is 28.8 Å². The van der Waals surface area contributed by atoms with Crippen molar-refractivity contribution in [3.05, 3.63) is 47.8 Å². The minimum Gasteiger partial charge on any atom is -0.378 e. The number of alkyl halides is 3. The molecule has 5 rings (SSSR count). The second kappa shape index (κ2) is 9.70. The molecule has 12 heteroatoms. The van der Waals surface area contributed by atoms with E-state index in [4.69, 9.17) is 4.74 Å². The third kappa shape index (κ3) is 5.17. The lowest BCUT2D eigenvalue weighted by Gasteiger charge is -2.29. The Labute approximate surface area is 199 Å². The number of anilines is 3. The molecule has 1 aromatic carbocycles. The summed E-state index contributed by atoms with van der Waals surface area (Å²) in [4.78, 5) is 19.4. The van der Waals surface area contributed by atoms with Crippen LogP contribution in [0.4, 0.5) is 30.4 Å². The van der Waals surface area contributed by atoms with Crippen molar-refractivity contribution >= 4 is 28.7 Å². The maximum absolute atomic E-state index is 13.9. The molecule has 2 saturated heterocycles. The Morgan fingerprint density at radius 1 is 1.20 bits per heavy atom. The number of hydrogen-bond donors (Lipinski definition) is 3. The number of ether oxygens (including phenoxy) is 1. The van der Waals surface area contributed by atoms with Crippen molar-refractivity contribution in [1.29, 1.82) is 0 Å². The van der Waals surface area contributed by atoms with E-state index in [0.29, 0.717) is 37.8 Å². The molecule has 0 bridgehead atoms. The normalized spacial score (nSPS) is 19.1. The number of nitrogens with zero attached hydrogens (tertiary/aromatic N) is 4. The summed E-state index contributed by atoms with van der Waals surface area (Å²) in [5.74, 6) is -0.139. The number of morpholine rings is 1. The predicted octanol–water partition coefficient (Wildman–Crippen LogP) is 3.00. The molecule has 3 aromatic rings. The summed E-state index contributed by atoms with van der Waals surface area (Å²) >= 11 is 0. The minimum atomic E-state index is -4.64. The van der Waals surface area contributed by atoms with Crippen LogP contribution in [0.2, 0.25) is 0 Å². The van der Waals surface area contributed by atoms with Gasteiger partial charge in [-0.05, 0) is 43.7 Å². The lowest BCUT2D eigenvalue weighted by atomic mass is 10.1. The van der Waals surface area contributed by atoms with Crippen LogP contribution in [-0.2, 0) is 10.9 Å². The van der Waals surface area contributed by atoms with E-state index < -0.39 is 17.6 Å². The average Bonchev–Trinajstić information content (AvgIpc) is 3.28. The number of benzene rings is 1. The van der Waals surface area contributed by atoms with E-state index in [9.17, 15) is 18.0 Å². The van der Waals surface area contributed by atoms with E-state index in [2.05, 4.69) is 26.0 Å². The van der Waals surface area contributed by atoms with E-state index in [0.717, 1.165) is 32.0 Å². The summed E-state index contributed by atoms with van der Waals surface area (Å²) in [5.41, 5.74) is -0.451. The van der Waals surface area contributed by atoms with E-state index in [1.54, 1.807) is 18.3 Å². The van der Waals surface area contributed by atoms with Crippen molar-refractivity contribution in [2.24, 2.45) is 0 Å². The first kappa shape index (κ1) is 23.4. The number of hydrogen-bond acceptors (Lipinski definition) is 7. The highest BCUT2D eigenvalue weighted by molar-refractivity contribution is 6.08. The molecule has 0 aliphatic carbocycles. The van der Waals surface area contributed by atoms with Crippen LogP contribution in [0, 0.1) is 0 Å². The van der Waals surface area contributed by atoms with Gasteiger partial charge >= 0.3 is 6.18 Å². The largest absolute Gasteiger partial charge is 0.418 e. The summed E-state index contributed by atoms with van der Waals surface area (Å²) in [6.07, 6.45) is 0.365. The van der Waals surface area contributed by atoms with Gasteiger partial charge in [0.05, 0.1) is 30.7 Å². The highest BCUT2D eigenvalue weighted by Gasteiger charge is 2.35. The Balaban J connectivity index is 1.39. The van der Waals surface area contributed by atoms with Crippen molar-refractivity contribution in [1.82, 2.24) is 19.9 Å². The van der Waals surface area contributed by atoms with E-state index in [-0.39, 0.29) is 22.9 Å². The number of amides is 1. The van der Waals surface area contributed by atoms with Crippen LogP contribution in [0.25, 0.3) is 5.65 Å². The van der Waals surface area contributed by atoms with Gasteiger partial charge < -0.3 is 25.6 Å². The Kier molecular flexibility index (Phi) is 6.48. The summed E-state index contributed by atoms with van der Waals surface area (Å²) in [7, 11) is 0. The van der Waals surface area contributed by atoms with Gasteiger partial charge in [-0.15, -0.1) is 0 Å². The van der Waals surface area contributed by atoms with Crippen LogP contribution >= 0.6 is 0 Å². The number of fused-ring (bicyclic) bond motifs is 1. The fourth-order valence-corrected chi connectivity index (χ4v) is 4.38. The molecule has 0 radical (unpaired) electrons. The van der Waals surface area contributed by atoms with Crippen LogP contribution in [-0.4, -0.2) is 65.9 Å². The molecular formula is C23H26F3N7O2. The summed E-state index contributed by atoms with van der Waals surface area (Å²) in [5, 5.41) is 13.2. The molecule has 2 aromatic heterocycles. The summed E-state index contributed by atoms with van der Waals surface area (Å²) in [6.45, 7) is 3.70. The quantitative estimate of drug-likeness (QED) is 0.507. The van der Waals surface area contributed by atoms with Crippen LogP contribution < -0.4 is 20.9 Å². The Hall–Kier alpha value is -3.38. The zero-order valence-corrected chi connectivity index (χ0v) is 18.9. The van der Waals surface area contributed by atoms with Crippen LogP contribution in [0.15, 0.2) is 36.7 Å². The number of aromatic nitrogens is 3. The smallest absolute Gasteiger partial charge is 0.378 e. The highest BCUT2D eigenvalue weighted by atomic mass is 19.4. The van der Waals surface area contributed by atoms with Crippen molar-refractivity contribution in [3.63, 3.8) is 0 Å². The van der Waals surface area contributed by atoms with Gasteiger partial charge in [-0.2, -0.15) is 18.3 Å². The Morgan fingerprint density at radius 2 is 2.03 bits per heavy atom. The monoisotopic (exact) mass is 489 g/mol. The third-order valence-electron chi connectivity index (χ3n) is 6.20. The Morgan fingerprint density at radius 3 is 2.77 bits per heavy atom. The van der Waals surface area contributed by atoms with Gasteiger partial charge in [0.25, 0.3) is 5.91 Å². The molecule has 186 valence electrons. The first-order valence-electron chi connectivity index (χ1n) is 11.6. The van der Waals surface area contributed by atoms with Crippen LogP contribution in [0.3, 0.4) is 0 Å². The fraction of sp³-hybridized carbons (Fsp3) is 0.435. The number of rotatable bonds is 5. The molecule has 35 heavy (non-hydrogen) atoms. The molecule has 4 heterocycles. The molecule has 3 N–H and O–H groups in total. The molecule has 9 nitrogen and oxygen atoms in total. The molecule has 1 amide bonds. The third-order valence-corrected chi connectivity index (χ3v) is 6.20. The van der Waals surface area contributed by atoms with Crippen LogP contribution in [0.5, 0.6) is 0 Å². The highest BCUT2D eigenvalue weighted by Crippen LogP contribution is 2.37. The molecule has 0 saturated carbocycles. The maximum Gasteiger partial charge on any atom is 0.418 e. The zero-order chi connectivity index (χ0) is 24.4. The molecule has 0 unspecified atom stereocenters. The molecule has 2 aliphatic rings. The second-order valence-electron chi connectivity index (χ2n) is 8.61. The lowest BCUT2D eigenvalue weighted by molar-refractivity contribution is -0.136. The van der Waals surface area contributed by atoms with Crippen molar-refractivity contribution in [2.45, 2.75) is 25.1 Å². The standard InChI is InChI=1S/C23H26F3N7O2/c24-23(25,26)18-12-16(32-8-10-35-11-9-32)3-4-19(18)30-22(34)17-14-28-33-7-5-20(31-21(17)33)29-15-2-1-6-27-13-15/h3-5,7,12,14-15,27H,1-2,6,8-11,13H2,(H,29,31)(H,30,34)/t15-/m1/s1. The first-order valence-corrected chi connectivity index (χ1v) is 11.6. The van der Waals surface area contributed by atoms with Gasteiger partial charge in [0.2, 0.25) is 0 Å². The predicted molar refractivity (Wildman–Crippen MR) is 125 cm³/mol. The topological polar surface area (TPSA) is 95.8 Å². The van der Waals surface area contributed by atoms with Gasteiger partial charge in [-0.3, -0.25) is 4.79 Å². The average molecular weight is 490 g/mol. The number of piperidine rings is 1. The Bertz CT molecular complexity index is 1200. The number of carbonyl (C=O) groups is 1. The zero-order valence-electron chi connectivity index (χ0n) is 18.9. The molecular weight excluding hydrogens is 463 g/mol. The van der Waals surface area contributed by atoms with Crippen molar-refractivity contribution in [2.75, 3.05) is 54.9 Å². The van der Waals surface area contributed by atoms with Crippen molar-refractivity contribution in [3.8, 4) is 0 Å². The molecule has 1 atom stereocenters. The van der Waals surface area contributed by atoms with Gasteiger partial charge in [-0.1, -0.05) is 0 Å². The van der Waals surface area contributed by atoms with Gasteiger partial charge in [0.15, 0.2) is 5.65 Å². The van der Waals surface area contributed by atoms with Gasteiger partial charge in [0.1, 0.15) is 11.4 Å². The maximum atomic E-state index is 13.9. The van der Waals surface area contributed by atoms with E-state index in [1.165, 1.54) is 16.8 Å². The SMILES string of the molecule is O=C(Nc1ccc(N2CCOCC2)cc1C(F)(F)F)c1cnn2ccc(N[C@@H]3CCCNC3)nc12. The summed E-state index contributed by atoms with van der Waals surface area (Å²) < 4.78 is 48.3. The molecule has 2 fully saturated rings. The van der Waals surface area contributed by atoms with Crippen molar-refractivity contribution < 1.29 is 22.7 Å².